The summed E-state index contributed by atoms with van der Waals surface area (Å²) in [4.78, 5) is 22.1. The summed E-state index contributed by atoms with van der Waals surface area (Å²) in [5.74, 6) is 0.209. The lowest BCUT2D eigenvalue weighted by atomic mass is 9.88. The van der Waals surface area contributed by atoms with Crippen LogP contribution in [0.3, 0.4) is 0 Å². The van der Waals surface area contributed by atoms with Crippen LogP contribution in [0, 0.1) is 12.8 Å². The molecule has 1 amide bonds. The molecule has 206 valence electrons. The Balaban J connectivity index is 0.000000239. The first-order valence-electron chi connectivity index (χ1n) is 13.0. The van der Waals surface area contributed by atoms with E-state index in [-0.39, 0.29) is 17.6 Å². The number of ether oxygens (including phenoxy) is 1. The van der Waals surface area contributed by atoms with Crippen molar-refractivity contribution in [1.82, 2.24) is 24.8 Å². The van der Waals surface area contributed by atoms with Gasteiger partial charge in [-0.1, -0.05) is 30.7 Å². The van der Waals surface area contributed by atoms with Gasteiger partial charge in [0.05, 0.1) is 12.0 Å². The third kappa shape index (κ3) is 7.95. The van der Waals surface area contributed by atoms with E-state index in [2.05, 4.69) is 63.9 Å². The van der Waals surface area contributed by atoms with Crippen molar-refractivity contribution in [2.75, 3.05) is 26.2 Å². The number of rotatable bonds is 2. The number of imidazole rings is 1. The molecule has 39 heavy (non-hydrogen) atoms. The van der Waals surface area contributed by atoms with E-state index in [0.717, 1.165) is 43.3 Å². The van der Waals surface area contributed by atoms with Crippen LogP contribution in [0.2, 0.25) is 5.02 Å². The second-order valence-electron chi connectivity index (χ2n) is 10.5. The number of allylic oxidation sites excluding steroid dienone is 1. The minimum atomic E-state index is -0.387. The highest BCUT2D eigenvalue weighted by Gasteiger charge is 2.24. The van der Waals surface area contributed by atoms with Gasteiger partial charge >= 0.3 is 6.09 Å². The van der Waals surface area contributed by atoms with Crippen LogP contribution in [0.1, 0.15) is 61.7 Å². The molecule has 1 aromatic carbocycles. The number of hydrogen-bond donors (Lipinski definition) is 1. The Labute approximate surface area is 237 Å². The molecule has 7 nitrogen and oxygen atoms in total. The van der Waals surface area contributed by atoms with Crippen LogP contribution in [0.4, 0.5) is 4.79 Å². The Morgan fingerprint density at radius 1 is 1.18 bits per heavy atom. The van der Waals surface area contributed by atoms with Crippen LogP contribution in [-0.2, 0) is 18.2 Å². The van der Waals surface area contributed by atoms with E-state index in [9.17, 15) is 4.79 Å². The number of terminal acetylenes is 1. The molecule has 0 radical (unpaired) electrons. The molecule has 1 aliphatic heterocycles. The second kappa shape index (κ2) is 13.5. The van der Waals surface area contributed by atoms with Gasteiger partial charge in [0.15, 0.2) is 0 Å². The maximum Gasteiger partial charge on any atom is 0.410 e. The normalized spacial score (nSPS) is 15.1. The zero-order valence-electron chi connectivity index (χ0n) is 23.4. The van der Waals surface area contributed by atoms with Crippen LogP contribution in [-0.4, -0.2) is 57.3 Å². The molecule has 0 unspecified atom stereocenters. The Bertz CT molecular complexity index is 1320. The molecule has 0 bridgehead atoms. The van der Waals surface area contributed by atoms with Crippen molar-refractivity contribution in [1.29, 1.82) is 0 Å². The minimum absolute atomic E-state index is 0.200. The van der Waals surface area contributed by atoms with Crippen molar-refractivity contribution in [2.24, 2.45) is 7.05 Å². The summed E-state index contributed by atoms with van der Waals surface area (Å²) in [6.45, 7) is 11.1. The summed E-state index contributed by atoms with van der Waals surface area (Å²) in [7, 11) is 2.03. The first-order chi connectivity index (χ1) is 18.6. The van der Waals surface area contributed by atoms with Crippen LogP contribution in [0.25, 0.3) is 11.6 Å². The van der Waals surface area contributed by atoms with Crippen molar-refractivity contribution in [2.45, 2.75) is 45.6 Å². The zero-order chi connectivity index (χ0) is 28.6. The largest absolute Gasteiger partial charge is 0.444 e. The highest BCUT2D eigenvalue weighted by atomic mass is 35.5. The number of carbonyl (C=O) groups is 1. The molecule has 2 aliphatic rings. The smallest absolute Gasteiger partial charge is 0.410 e. The summed E-state index contributed by atoms with van der Waals surface area (Å²) in [6, 6.07) is 10.3. The Morgan fingerprint density at radius 3 is 2.54 bits per heavy atom. The molecule has 5 rings (SSSR count). The first-order valence-corrected chi connectivity index (χ1v) is 13.4. The van der Waals surface area contributed by atoms with E-state index in [0.29, 0.717) is 0 Å². The maximum absolute atomic E-state index is 11.5. The standard InChI is InChI=1S/C20H18ClN3.C9H18N2O2.C2H2/c1-13(20-11-22-12-24(20)2)17-8-15-4-3-7-23-19(15)9-14-5-6-16(21)10-18(14)17;1-9(2,3)13-8(12)11-6-4-10-5-7-11;1-2/h3-8,10-13H,9H2,1-2H3;10H,4-7H2,1-3H3;1-2H/t13-;;/m1../s1. The number of nitrogens with zero attached hydrogens (tertiary/aromatic N) is 4. The van der Waals surface area contributed by atoms with Gasteiger partial charge in [-0.25, -0.2) is 9.78 Å². The van der Waals surface area contributed by atoms with E-state index < -0.39 is 0 Å². The van der Waals surface area contributed by atoms with Gasteiger partial charge < -0.3 is 19.5 Å². The van der Waals surface area contributed by atoms with Crippen molar-refractivity contribution in [3.05, 3.63) is 82.2 Å². The lowest BCUT2D eigenvalue weighted by Gasteiger charge is -2.30. The van der Waals surface area contributed by atoms with Crippen LogP contribution >= 0.6 is 11.6 Å². The van der Waals surface area contributed by atoms with Crippen LogP contribution in [0.15, 0.2) is 49.1 Å². The summed E-state index contributed by atoms with van der Waals surface area (Å²) >= 11 is 6.31. The summed E-state index contributed by atoms with van der Waals surface area (Å²) in [6.07, 6.45) is 16.5. The number of piperazine rings is 1. The third-order valence-electron chi connectivity index (χ3n) is 6.51. The minimum Gasteiger partial charge on any atom is -0.444 e. The number of aryl methyl sites for hydroxylation is 1. The third-order valence-corrected chi connectivity index (χ3v) is 6.75. The number of aromatic nitrogens is 3. The number of benzene rings is 1. The number of fused-ring (bicyclic) bond motifs is 2. The predicted molar refractivity (Wildman–Crippen MR) is 159 cm³/mol. The van der Waals surface area contributed by atoms with Crippen LogP contribution < -0.4 is 5.32 Å². The fourth-order valence-corrected chi connectivity index (χ4v) is 4.78. The monoisotopic (exact) mass is 547 g/mol. The highest BCUT2D eigenvalue weighted by molar-refractivity contribution is 6.30. The maximum atomic E-state index is 11.5. The SMILES string of the molecule is C#C.CC(C)(C)OC(=O)N1CCNCC1.C[C@H](C1=Cc2cccnc2Cc2ccc(Cl)cc21)c1cncn1C. The topological polar surface area (TPSA) is 72.3 Å². The number of carbonyl (C=O) groups excluding carboxylic acids is 1. The fraction of sp³-hybridized carbons (Fsp3) is 0.387. The van der Waals surface area contributed by atoms with E-state index >= 15 is 0 Å². The number of amides is 1. The van der Waals surface area contributed by atoms with Gasteiger partial charge in [0.25, 0.3) is 0 Å². The molecule has 1 aliphatic carbocycles. The summed E-state index contributed by atoms with van der Waals surface area (Å²) in [5, 5.41) is 3.94. The van der Waals surface area contributed by atoms with Crippen molar-refractivity contribution < 1.29 is 9.53 Å². The molecular formula is C31H38ClN5O2. The van der Waals surface area contributed by atoms with E-state index in [1.54, 1.807) is 4.90 Å². The highest BCUT2D eigenvalue weighted by Crippen LogP contribution is 2.39. The second-order valence-corrected chi connectivity index (χ2v) is 10.9. The van der Waals surface area contributed by atoms with Gasteiger partial charge in [0, 0.05) is 68.7 Å². The Hall–Kier alpha value is -3.60. The molecule has 1 saturated heterocycles. The van der Waals surface area contributed by atoms with Crippen molar-refractivity contribution in [3.8, 4) is 12.8 Å². The average Bonchev–Trinajstić information content (AvgIpc) is 3.28. The Kier molecular flexibility index (Phi) is 10.3. The van der Waals surface area contributed by atoms with E-state index in [4.69, 9.17) is 16.3 Å². The molecule has 2 aromatic heterocycles. The number of pyridine rings is 1. The quantitative estimate of drug-likeness (QED) is 0.411. The Morgan fingerprint density at radius 2 is 1.90 bits per heavy atom. The molecule has 0 spiro atoms. The van der Waals surface area contributed by atoms with Crippen LogP contribution in [0.5, 0.6) is 0 Å². The lowest BCUT2D eigenvalue weighted by molar-refractivity contribution is 0.0229. The molecule has 1 N–H and O–H groups in total. The van der Waals surface area contributed by atoms with E-state index in [1.165, 1.54) is 28.0 Å². The van der Waals surface area contributed by atoms with Crippen molar-refractivity contribution >= 4 is 29.3 Å². The molecule has 1 fully saturated rings. The van der Waals surface area contributed by atoms with Gasteiger partial charge in [0.2, 0.25) is 0 Å². The van der Waals surface area contributed by atoms with E-state index in [1.807, 2.05) is 58.7 Å². The van der Waals surface area contributed by atoms with Gasteiger partial charge in [-0.2, -0.15) is 0 Å². The fourth-order valence-electron chi connectivity index (χ4n) is 4.60. The summed E-state index contributed by atoms with van der Waals surface area (Å²) in [5.41, 5.74) is 6.79. The average molecular weight is 548 g/mol. The zero-order valence-corrected chi connectivity index (χ0v) is 24.2. The lowest BCUT2D eigenvalue weighted by Crippen LogP contribution is -2.48. The van der Waals surface area contributed by atoms with Gasteiger partial charge in [0.1, 0.15) is 5.60 Å². The number of hydrogen-bond acceptors (Lipinski definition) is 5. The number of nitrogens with one attached hydrogen (secondary N) is 1. The van der Waals surface area contributed by atoms with Gasteiger partial charge in [-0.15, -0.1) is 12.8 Å². The van der Waals surface area contributed by atoms with Crippen molar-refractivity contribution in [3.63, 3.8) is 0 Å². The van der Waals surface area contributed by atoms with Gasteiger partial charge in [-0.05, 0) is 67.3 Å². The molecule has 1 atom stereocenters. The molecule has 8 heteroatoms. The first kappa shape index (κ1) is 29.9. The predicted octanol–water partition coefficient (Wildman–Crippen LogP) is 5.79. The number of halogens is 1. The summed E-state index contributed by atoms with van der Waals surface area (Å²) < 4.78 is 7.31. The molecule has 3 aromatic rings. The molecule has 3 heterocycles. The molecule has 0 saturated carbocycles. The molecular weight excluding hydrogens is 510 g/mol. The van der Waals surface area contributed by atoms with Gasteiger partial charge in [-0.3, -0.25) is 4.98 Å².